The molecule has 0 aliphatic carbocycles. The molecule has 1 aliphatic rings. The maximum absolute atomic E-state index is 12.7. The van der Waals surface area contributed by atoms with Crippen LogP contribution in [0.4, 0.5) is 0 Å². The van der Waals surface area contributed by atoms with Crippen LogP contribution in [0.1, 0.15) is 18.5 Å². The average molecular weight is 422 g/mol. The molecular formula is C20H24ClN3O3S. The van der Waals surface area contributed by atoms with Crippen LogP contribution in [0.15, 0.2) is 59.5 Å². The molecule has 1 N–H and O–H groups in total. The minimum atomic E-state index is -3.48. The first kappa shape index (κ1) is 20.8. The number of carbonyl (C=O) groups excluding carboxylic acids is 1. The van der Waals surface area contributed by atoms with Gasteiger partial charge < -0.3 is 5.32 Å². The Morgan fingerprint density at radius 3 is 2.29 bits per heavy atom. The highest BCUT2D eigenvalue weighted by Crippen LogP contribution is 2.22. The number of halogens is 1. The Labute approximate surface area is 171 Å². The first-order valence-electron chi connectivity index (χ1n) is 9.19. The van der Waals surface area contributed by atoms with E-state index in [4.69, 9.17) is 11.6 Å². The summed E-state index contributed by atoms with van der Waals surface area (Å²) in [5.41, 5.74) is 0.872. The predicted octanol–water partition coefficient (Wildman–Crippen LogP) is 2.52. The molecule has 1 aliphatic heterocycles. The summed E-state index contributed by atoms with van der Waals surface area (Å²) in [5.74, 6) is -0.105. The second-order valence-corrected chi connectivity index (χ2v) is 9.15. The zero-order valence-corrected chi connectivity index (χ0v) is 17.3. The Bertz CT molecular complexity index is 913. The van der Waals surface area contributed by atoms with E-state index in [9.17, 15) is 13.2 Å². The lowest BCUT2D eigenvalue weighted by Gasteiger charge is -2.33. The molecule has 1 heterocycles. The Morgan fingerprint density at radius 2 is 1.64 bits per heavy atom. The van der Waals surface area contributed by atoms with Crippen molar-refractivity contribution in [2.75, 3.05) is 32.7 Å². The van der Waals surface area contributed by atoms with Gasteiger partial charge in [-0.15, -0.1) is 0 Å². The zero-order chi connectivity index (χ0) is 20.1. The lowest BCUT2D eigenvalue weighted by Crippen LogP contribution is -2.51. The van der Waals surface area contributed by atoms with E-state index in [1.807, 2.05) is 30.0 Å². The summed E-state index contributed by atoms with van der Waals surface area (Å²) >= 11 is 6.18. The van der Waals surface area contributed by atoms with Crippen molar-refractivity contribution < 1.29 is 13.2 Å². The SMILES string of the molecule is C[C@H](NC(=O)CN1CCN(S(=O)(=O)c2ccccc2)CC1)c1ccccc1Cl. The van der Waals surface area contributed by atoms with Gasteiger partial charge in [-0.1, -0.05) is 48.0 Å². The fourth-order valence-electron chi connectivity index (χ4n) is 3.26. The molecule has 0 radical (unpaired) electrons. The van der Waals surface area contributed by atoms with Gasteiger partial charge in [0.15, 0.2) is 0 Å². The van der Waals surface area contributed by atoms with Gasteiger partial charge in [-0.2, -0.15) is 4.31 Å². The summed E-state index contributed by atoms with van der Waals surface area (Å²) in [4.78, 5) is 14.6. The van der Waals surface area contributed by atoms with Gasteiger partial charge in [-0.05, 0) is 30.7 Å². The number of piperazine rings is 1. The van der Waals surface area contributed by atoms with Crippen molar-refractivity contribution >= 4 is 27.5 Å². The van der Waals surface area contributed by atoms with Gasteiger partial charge in [0.2, 0.25) is 15.9 Å². The molecule has 28 heavy (non-hydrogen) atoms. The summed E-state index contributed by atoms with van der Waals surface area (Å²) < 4.78 is 26.8. The van der Waals surface area contributed by atoms with Crippen LogP contribution in [0.5, 0.6) is 0 Å². The molecule has 1 atom stereocenters. The van der Waals surface area contributed by atoms with Crippen molar-refractivity contribution in [3.8, 4) is 0 Å². The third kappa shape index (κ3) is 4.91. The molecular weight excluding hydrogens is 398 g/mol. The van der Waals surface area contributed by atoms with Gasteiger partial charge >= 0.3 is 0 Å². The van der Waals surface area contributed by atoms with E-state index in [-0.39, 0.29) is 18.5 Å². The van der Waals surface area contributed by atoms with E-state index in [2.05, 4.69) is 5.32 Å². The second-order valence-electron chi connectivity index (χ2n) is 6.80. The molecule has 0 bridgehead atoms. The molecule has 2 aromatic rings. The third-order valence-electron chi connectivity index (χ3n) is 4.83. The lowest BCUT2D eigenvalue weighted by atomic mass is 10.1. The molecule has 1 fully saturated rings. The van der Waals surface area contributed by atoms with Crippen LogP contribution in [0.3, 0.4) is 0 Å². The number of amides is 1. The van der Waals surface area contributed by atoms with Crippen molar-refractivity contribution in [2.45, 2.75) is 17.9 Å². The molecule has 8 heteroatoms. The largest absolute Gasteiger partial charge is 0.348 e. The van der Waals surface area contributed by atoms with Gasteiger partial charge in [-0.25, -0.2) is 8.42 Å². The molecule has 1 saturated heterocycles. The van der Waals surface area contributed by atoms with Crippen molar-refractivity contribution in [3.05, 3.63) is 65.2 Å². The summed E-state index contributed by atoms with van der Waals surface area (Å²) in [7, 11) is -3.48. The van der Waals surface area contributed by atoms with E-state index in [1.54, 1.807) is 36.4 Å². The number of benzene rings is 2. The highest BCUT2D eigenvalue weighted by Gasteiger charge is 2.29. The molecule has 3 rings (SSSR count). The minimum absolute atomic E-state index is 0.105. The van der Waals surface area contributed by atoms with Crippen LogP contribution in [-0.4, -0.2) is 56.3 Å². The fraction of sp³-hybridized carbons (Fsp3) is 0.350. The van der Waals surface area contributed by atoms with Gasteiger partial charge in [0.05, 0.1) is 17.5 Å². The summed E-state index contributed by atoms with van der Waals surface area (Å²) in [6.45, 7) is 3.88. The van der Waals surface area contributed by atoms with Crippen molar-refractivity contribution in [2.24, 2.45) is 0 Å². The maximum atomic E-state index is 12.7. The number of nitrogens with zero attached hydrogens (tertiary/aromatic N) is 2. The predicted molar refractivity (Wildman–Crippen MR) is 110 cm³/mol. The maximum Gasteiger partial charge on any atom is 0.243 e. The fourth-order valence-corrected chi connectivity index (χ4v) is 5.01. The molecule has 150 valence electrons. The summed E-state index contributed by atoms with van der Waals surface area (Å²) in [6.07, 6.45) is 0. The number of sulfonamides is 1. The van der Waals surface area contributed by atoms with Crippen LogP contribution in [-0.2, 0) is 14.8 Å². The van der Waals surface area contributed by atoms with Gasteiger partial charge in [0.25, 0.3) is 0 Å². The smallest absolute Gasteiger partial charge is 0.243 e. The average Bonchev–Trinajstić information content (AvgIpc) is 2.69. The topological polar surface area (TPSA) is 69.7 Å². The minimum Gasteiger partial charge on any atom is -0.348 e. The summed E-state index contributed by atoms with van der Waals surface area (Å²) in [5, 5.41) is 3.58. The third-order valence-corrected chi connectivity index (χ3v) is 7.09. The lowest BCUT2D eigenvalue weighted by molar-refractivity contribution is -0.123. The van der Waals surface area contributed by atoms with E-state index in [0.717, 1.165) is 5.56 Å². The van der Waals surface area contributed by atoms with E-state index in [0.29, 0.717) is 36.1 Å². The Kier molecular flexibility index (Phi) is 6.72. The van der Waals surface area contributed by atoms with Crippen molar-refractivity contribution in [1.82, 2.24) is 14.5 Å². The van der Waals surface area contributed by atoms with Crippen LogP contribution in [0, 0.1) is 0 Å². The van der Waals surface area contributed by atoms with Crippen LogP contribution in [0.25, 0.3) is 0 Å². The van der Waals surface area contributed by atoms with Crippen LogP contribution < -0.4 is 5.32 Å². The highest BCUT2D eigenvalue weighted by atomic mass is 35.5. The normalized spacial score (nSPS) is 17.2. The van der Waals surface area contributed by atoms with E-state index in [1.165, 1.54) is 4.31 Å². The van der Waals surface area contributed by atoms with Gasteiger partial charge in [0.1, 0.15) is 0 Å². The second kappa shape index (κ2) is 9.05. The molecule has 2 aromatic carbocycles. The Morgan fingerprint density at radius 1 is 1.04 bits per heavy atom. The monoisotopic (exact) mass is 421 g/mol. The number of hydrogen-bond donors (Lipinski definition) is 1. The zero-order valence-electron chi connectivity index (χ0n) is 15.7. The first-order chi connectivity index (χ1) is 13.4. The van der Waals surface area contributed by atoms with Gasteiger partial charge in [0, 0.05) is 31.2 Å². The van der Waals surface area contributed by atoms with Crippen LogP contribution in [0.2, 0.25) is 5.02 Å². The number of nitrogens with one attached hydrogen (secondary N) is 1. The highest BCUT2D eigenvalue weighted by molar-refractivity contribution is 7.89. The van der Waals surface area contributed by atoms with Crippen LogP contribution >= 0.6 is 11.6 Å². The quantitative estimate of drug-likeness (QED) is 0.778. The standard InChI is InChI=1S/C20H24ClN3O3S/c1-16(18-9-5-6-10-19(18)21)22-20(25)15-23-11-13-24(14-12-23)28(26,27)17-7-3-2-4-8-17/h2-10,16H,11-15H2,1H3,(H,22,25)/t16-/m0/s1. The van der Waals surface area contributed by atoms with Crippen molar-refractivity contribution in [3.63, 3.8) is 0 Å². The molecule has 0 saturated carbocycles. The molecule has 6 nitrogen and oxygen atoms in total. The molecule has 0 aromatic heterocycles. The number of carbonyl (C=O) groups is 1. The summed E-state index contributed by atoms with van der Waals surface area (Å²) in [6, 6.07) is 15.7. The first-order valence-corrected chi connectivity index (χ1v) is 11.0. The van der Waals surface area contributed by atoms with E-state index >= 15 is 0 Å². The Hall–Kier alpha value is -1.93. The number of hydrogen-bond acceptors (Lipinski definition) is 4. The molecule has 1 amide bonds. The van der Waals surface area contributed by atoms with Gasteiger partial charge in [-0.3, -0.25) is 9.69 Å². The molecule has 0 spiro atoms. The number of rotatable bonds is 6. The molecule has 0 unspecified atom stereocenters. The Balaban J connectivity index is 1.52. The van der Waals surface area contributed by atoms with E-state index < -0.39 is 10.0 Å². The van der Waals surface area contributed by atoms with Crippen molar-refractivity contribution in [1.29, 1.82) is 0 Å².